The van der Waals surface area contributed by atoms with Crippen LogP contribution < -0.4 is 5.73 Å². The molecule has 0 bridgehead atoms. The first-order valence-corrected chi connectivity index (χ1v) is 6.55. The van der Waals surface area contributed by atoms with Gasteiger partial charge >= 0.3 is 0 Å². The molecule has 2 N–H and O–H groups in total. The quantitative estimate of drug-likeness (QED) is 0.833. The summed E-state index contributed by atoms with van der Waals surface area (Å²) in [6.07, 6.45) is 3.59. The van der Waals surface area contributed by atoms with Crippen molar-refractivity contribution in [3.8, 4) is 0 Å². The molecule has 0 aliphatic heterocycles. The molecule has 15 heavy (non-hydrogen) atoms. The third-order valence-corrected chi connectivity index (χ3v) is 3.92. The Bertz CT molecular complexity index is 307. The molecule has 0 saturated carbocycles. The van der Waals surface area contributed by atoms with Gasteiger partial charge in [-0.25, -0.2) is 4.98 Å². The standard InChI is InChI=1S/C12H22N2S/c1-5-6-8(2)7-11(13)12-9(3)14-10(4)15-12/h8,11H,5-7,13H2,1-4H3. The van der Waals surface area contributed by atoms with E-state index < -0.39 is 0 Å². The van der Waals surface area contributed by atoms with E-state index >= 15 is 0 Å². The van der Waals surface area contributed by atoms with E-state index in [0.717, 1.165) is 17.1 Å². The van der Waals surface area contributed by atoms with Crippen molar-refractivity contribution in [3.05, 3.63) is 15.6 Å². The summed E-state index contributed by atoms with van der Waals surface area (Å²) in [6, 6.07) is 0.178. The first-order chi connectivity index (χ1) is 7.04. The van der Waals surface area contributed by atoms with Gasteiger partial charge in [0.25, 0.3) is 0 Å². The van der Waals surface area contributed by atoms with Crippen LogP contribution in [0.25, 0.3) is 0 Å². The Kier molecular flexibility index (Phi) is 4.74. The molecular formula is C12H22N2S. The average Bonchev–Trinajstić information content (AvgIpc) is 2.45. The lowest BCUT2D eigenvalue weighted by molar-refractivity contribution is 0.442. The lowest BCUT2D eigenvalue weighted by Gasteiger charge is -2.15. The summed E-state index contributed by atoms with van der Waals surface area (Å²) in [7, 11) is 0. The van der Waals surface area contributed by atoms with Crippen molar-refractivity contribution in [3.63, 3.8) is 0 Å². The zero-order valence-electron chi connectivity index (χ0n) is 10.2. The van der Waals surface area contributed by atoms with Gasteiger partial charge in [0.15, 0.2) is 0 Å². The SMILES string of the molecule is CCCC(C)CC(N)c1sc(C)nc1C. The summed E-state index contributed by atoms with van der Waals surface area (Å²) in [4.78, 5) is 5.70. The number of aryl methyl sites for hydroxylation is 2. The molecule has 0 aliphatic rings. The van der Waals surface area contributed by atoms with Crippen LogP contribution in [0.4, 0.5) is 0 Å². The van der Waals surface area contributed by atoms with Gasteiger partial charge in [-0.2, -0.15) is 0 Å². The number of hydrogen-bond donors (Lipinski definition) is 1. The van der Waals surface area contributed by atoms with Gasteiger partial charge in [0.1, 0.15) is 0 Å². The first-order valence-electron chi connectivity index (χ1n) is 5.74. The number of hydrogen-bond acceptors (Lipinski definition) is 3. The molecule has 86 valence electrons. The Morgan fingerprint density at radius 3 is 2.53 bits per heavy atom. The van der Waals surface area contributed by atoms with Crippen molar-refractivity contribution < 1.29 is 0 Å². The molecule has 2 nitrogen and oxygen atoms in total. The number of nitrogens with zero attached hydrogens (tertiary/aromatic N) is 1. The van der Waals surface area contributed by atoms with Gasteiger partial charge in [0.05, 0.1) is 10.7 Å². The van der Waals surface area contributed by atoms with Crippen molar-refractivity contribution in [2.24, 2.45) is 11.7 Å². The zero-order valence-corrected chi connectivity index (χ0v) is 11.0. The van der Waals surface area contributed by atoms with Crippen molar-refractivity contribution in [2.75, 3.05) is 0 Å². The monoisotopic (exact) mass is 226 g/mol. The minimum Gasteiger partial charge on any atom is -0.323 e. The summed E-state index contributed by atoms with van der Waals surface area (Å²) in [6.45, 7) is 8.61. The Hall–Kier alpha value is -0.410. The second kappa shape index (κ2) is 5.61. The highest BCUT2D eigenvalue weighted by Crippen LogP contribution is 2.28. The molecular weight excluding hydrogens is 204 g/mol. The molecule has 3 heteroatoms. The summed E-state index contributed by atoms with van der Waals surface area (Å²) < 4.78 is 0. The molecule has 0 fully saturated rings. The Morgan fingerprint density at radius 2 is 2.07 bits per heavy atom. The molecule has 1 rings (SSSR count). The van der Waals surface area contributed by atoms with E-state index in [1.54, 1.807) is 11.3 Å². The van der Waals surface area contributed by atoms with Gasteiger partial charge in [0.2, 0.25) is 0 Å². The van der Waals surface area contributed by atoms with Gasteiger partial charge in [-0.1, -0.05) is 26.7 Å². The summed E-state index contributed by atoms with van der Waals surface area (Å²) in [5.74, 6) is 0.715. The van der Waals surface area contributed by atoms with Crippen LogP contribution in [0, 0.1) is 19.8 Å². The van der Waals surface area contributed by atoms with Gasteiger partial charge in [-0.05, 0) is 26.2 Å². The molecule has 0 radical (unpaired) electrons. The van der Waals surface area contributed by atoms with Crippen LogP contribution >= 0.6 is 11.3 Å². The molecule has 0 spiro atoms. The molecule has 1 aromatic heterocycles. The van der Waals surface area contributed by atoms with Crippen LogP contribution in [0.2, 0.25) is 0 Å². The fourth-order valence-corrected chi connectivity index (χ4v) is 2.98. The predicted molar refractivity (Wildman–Crippen MR) is 67.2 cm³/mol. The van der Waals surface area contributed by atoms with Crippen LogP contribution in [0.1, 0.15) is 54.7 Å². The Morgan fingerprint density at radius 1 is 1.40 bits per heavy atom. The highest BCUT2D eigenvalue weighted by Gasteiger charge is 2.15. The second-order valence-corrected chi connectivity index (χ2v) is 5.65. The van der Waals surface area contributed by atoms with Crippen LogP contribution in [-0.4, -0.2) is 4.98 Å². The van der Waals surface area contributed by atoms with Crippen LogP contribution in [0.5, 0.6) is 0 Å². The third kappa shape index (κ3) is 3.58. The lowest BCUT2D eigenvalue weighted by atomic mass is 9.96. The average molecular weight is 226 g/mol. The highest BCUT2D eigenvalue weighted by molar-refractivity contribution is 7.11. The van der Waals surface area contributed by atoms with E-state index in [9.17, 15) is 0 Å². The molecule has 0 aliphatic carbocycles. The van der Waals surface area contributed by atoms with E-state index in [1.165, 1.54) is 17.7 Å². The normalized spacial score (nSPS) is 15.3. The Balaban J connectivity index is 2.60. The topological polar surface area (TPSA) is 38.9 Å². The smallest absolute Gasteiger partial charge is 0.0900 e. The van der Waals surface area contributed by atoms with Gasteiger partial charge in [0, 0.05) is 10.9 Å². The van der Waals surface area contributed by atoms with Crippen molar-refractivity contribution in [1.29, 1.82) is 0 Å². The summed E-state index contributed by atoms with van der Waals surface area (Å²) >= 11 is 1.75. The maximum atomic E-state index is 6.21. The Labute approximate surface area is 96.9 Å². The van der Waals surface area contributed by atoms with Crippen LogP contribution in [0.3, 0.4) is 0 Å². The first kappa shape index (κ1) is 12.7. The number of rotatable bonds is 5. The van der Waals surface area contributed by atoms with Crippen LogP contribution in [-0.2, 0) is 0 Å². The van der Waals surface area contributed by atoms with E-state index in [2.05, 4.69) is 25.8 Å². The molecule has 1 aromatic rings. The van der Waals surface area contributed by atoms with Crippen molar-refractivity contribution in [1.82, 2.24) is 4.98 Å². The summed E-state index contributed by atoms with van der Waals surface area (Å²) in [5, 5.41) is 1.13. The minimum atomic E-state index is 0.178. The molecule has 1 heterocycles. The number of nitrogens with two attached hydrogens (primary N) is 1. The zero-order chi connectivity index (χ0) is 11.4. The van der Waals surface area contributed by atoms with Crippen molar-refractivity contribution in [2.45, 2.75) is 53.0 Å². The van der Waals surface area contributed by atoms with E-state index in [4.69, 9.17) is 5.73 Å². The van der Waals surface area contributed by atoms with Gasteiger partial charge in [-0.15, -0.1) is 11.3 Å². The van der Waals surface area contributed by atoms with E-state index in [-0.39, 0.29) is 6.04 Å². The molecule has 0 aromatic carbocycles. The molecule has 2 unspecified atom stereocenters. The second-order valence-electron chi connectivity index (χ2n) is 4.42. The largest absolute Gasteiger partial charge is 0.323 e. The van der Waals surface area contributed by atoms with Gasteiger partial charge in [-0.3, -0.25) is 0 Å². The highest BCUT2D eigenvalue weighted by atomic mass is 32.1. The molecule has 0 amide bonds. The third-order valence-electron chi connectivity index (χ3n) is 2.71. The van der Waals surface area contributed by atoms with Crippen molar-refractivity contribution >= 4 is 11.3 Å². The fourth-order valence-electron chi connectivity index (χ4n) is 2.04. The van der Waals surface area contributed by atoms with Gasteiger partial charge < -0.3 is 5.73 Å². The summed E-state index contributed by atoms with van der Waals surface area (Å²) in [5.41, 5.74) is 7.33. The maximum Gasteiger partial charge on any atom is 0.0900 e. The minimum absolute atomic E-state index is 0.178. The number of aromatic nitrogens is 1. The van der Waals surface area contributed by atoms with E-state index in [0.29, 0.717) is 5.92 Å². The van der Waals surface area contributed by atoms with Crippen LogP contribution in [0.15, 0.2) is 0 Å². The predicted octanol–water partition coefficient (Wildman–Crippen LogP) is 3.59. The maximum absolute atomic E-state index is 6.21. The van der Waals surface area contributed by atoms with E-state index in [1.807, 2.05) is 6.92 Å². The fraction of sp³-hybridized carbons (Fsp3) is 0.750. The molecule has 2 atom stereocenters. The number of thiazole rings is 1. The molecule has 0 saturated heterocycles. The lowest BCUT2D eigenvalue weighted by Crippen LogP contribution is -2.13.